The number of carbonyl (C=O) groups excluding carboxylic acids is 1. The zero-order valence-corrected chi connectivity index (χ0v) is 13.5. The Morgan fingerprint density at radius 1 is 1.17 bits per heavy atom. The minimum Gasteiger partial charge on any atom is -0.324 e. The lowest BCUT2D eigenvalue weighted by molar-refractivity contribution is -0.384. The van der Waals surface area contributed by atoms with Crippen LogP contribution in [0.25, 0.3) is 0 Å². The molecule has 4 aliphatic carbocycles. The molecule has 0 saturated heterocycles. The van der Waals surface area contributed by atoms with Crippen LogP contribution in [0.4, 0.5) is 11.4 Å². The highest BCUT2D eigenvalue weighted by atomic mass is 35.5. The third-order valence-electron chi connectivity index (χ3n) is 5.93. The van der Waals surface area contributed by atoms with Crippen LogP contribution in [-0.2, 0) is 4.79 Å². The highest BCUT2D eigenvalue weighted by molar-refractivity contribution is 6.34. The molecule has 4 fully saturated rings. The zero-order chi connectivity index (χ0) is 16.2. The Balaban J connectivity index is 1.55. The van der Waals surface area contributed by atoms with E-state index in [2.05, 4.69) is 5.32 Å². The second-order valence-electron chi connectivity index (χ2n) is 7.57. The summed E-state index contributed by atoms with van der Waals surface area (Å²) in [6.45, 7) is 0. The summed E-state index contributed by atoms with van der Waals surface area (Å²) in [4.78, 5) is 23.2. The van der Waals surface area contributed by atoms with Crippen molar-refractivity contribution in [3.8, 4) is 0 Å². The first-order chi connectivity index (χ1) is 10.9. The normalized spacial score (nSPS) is 34.4. The molecule has 0 aliphatic heterocycles. The number of hydrogen-bond acceptors (Lipinski definition) is 3. The number of hydrogen-bond donors (Lipinski definition) is 1. The third-order valence-corrected chi connectivity index (χ3v) is 6.24. The van der Waals surface area contributed by atoms with E-state index in [4.69, 9.17) is 11.6 Å². The van der Waals surface area contributed by atoms with Crippen molar-refractivity contribution in [1.82, 2.24) is 0 Å². The minimum atomic E-state index is -0.490. The summed E-state index contributed by atoms with van der Waals surface area (Å²) in [5.41, 5.74) is 0.153. The van der Waals surface area contributed by atoms with Crippen molar-refractivity contribution >= 4 is 28.9 Å². The van der Waals surface area contributed by atoms with Crippen LogP contribution in [0.3, 0.4) is 0 Å². The number of carbonyl (C=O) groups is 1. The number of nitrogens with one attached hydrogen (secondary N) is 1. The van der Waals surface area contributed by atoms with Crippen molar-refractivity contribution in [1.29, 1.82) is 0 Å². The molecule has 23 heavy (non-hydrogen) atoms. The number of benzene rings is 1. The summed E-state index contributed by atoms with van der Waals surface area (Å²) in [7, 11) is 0. The lowest BCUT2D eigenvalue weighted by Gasteiger charge is -2.55. The van der Waals surface area contributed by atoms with Crippen LogP contribution >= 0.6 is 11.6 Å². The molecule has 0 heterocycles. The van der Waals surface area contributed by atoms with Crippen molar-refractivity contribution in [2.75, 3.05) is 5.32 Å². The smallest absolute Gasteiger partial charge is 0.271 e. The molecule has 1 amide bonds. The van der Waals surface area contributed by atoms with Gasteiger partial charge in [-0.3, -0.25) is 14.9 Å². The average molecular weight is 335 g/mol. The van der Waals surface area contributed by atoms with Gasteiger partial charge in [0, 0.05) is 12.1 Å². The van der Waals surface area contributed by atoms with Crippen LogP contribution in [0.2, 0.25) is 5.02 Å². The Bertz CT molecular complexity index is 653. The summed E-state index contributed by atoms with van der Waals surface area (Å²) in [5.74, 6) is 2.13. The second-order valence-corrected chi connectivity index (χ2v) is 7.98. The summed E-state index contributed by atoms with van der Waals surface area (Å²) < 4.78 is 0. The molecule has 4 bridgehead atoms. The number of nitro groups is 1. The highest BCUT2D eigenvalue weighted by Gasteiger charge is 2.54. The maximum atomic E-state index is 12.9. The Morgan fingerprint density at radius 2 is 1.74 bits per heavy atom. The molecule has 1 aromatic rings. The summed E-state index contributed by atoms with van der Waals surface area (Å²) >= 11 is 6.11. The molecule has 4 aliphatic rings. The molecule has 0 aromatic heterocycles. The molecule has 5 nitrogen and oxygen atoms in total. The average Bonchev–Trinajstić information content (AvgIpc) is 2.47. The maximum Gasteiger partial charge on any atom is 0.271 e. The van der Waals surface area contributed by atoms with Gasteiger partial charge in [0.25, 0.3) is 5.69 Å². The third kappa shape index (κ3) is 2.51. The van der Waals surface area contributed by atoms with Crippen molar-refractivity contribution in [2.45, 2.75) is 38.5 Å². The predicted molar refractivity (Wildman–Crippen MR) is 87.3 cm³/mol. The fourth-order valence-electron chi connectivity index (χ4n) is 5.36. The van der Waals surface area contributed by atoms with Crippen LogP contribution in [-0.4, -0.2) is 10.8 Å². The van der Waals surface area contributed by atoms with E-state index in [1.54, 1.807) is 0 Å². The van der Waals surface area contributed by atoms with E-state index in [0.717, 1.165) is 19.3 Å². The number of halogens is 1. The number of rotatable bonds is 3. The lowest BCUT2D eigenvalue weighted by atomic mass is 9.49. The van der Waals surface area contributed by atoms with Crippen LogP contribution in [0.15, 0.2) is 18.2 Å². The van der Waals surface area contributed by atoms with Gasteiger partial charge in [0.1, 0.15) is 0 Å². The topological polar surface area (TPSA) is 72.2 Å². The molecule has 1 N–H and O–H groups in total. The second kappa shape index (κ2) is 5.20. The first-order valence-corrected chi connectivity index (χ1v) is 8.58. The maximum absolute atomic E-state index is 12.9. The molecule has 0 atom stereocenters. The highest BCUT2D eigenvalue weighted by Crippen LogP contribution is 2.60. The van der Waals surface area contributed by atoms with Crippen LogP contribution < -0.4 is 5.32 Å². The van der Waals surface area contributed by atoms with Gasteiger partial charge in [0.15, 0.2) is 0 Å². The van der Waals surface area contributed by atoms with Gasteiger partial charge in [-0.1, -0.05) is 11.6 Å². The molecular weight excluding hydrogens is 316 g/mol. The van der Waals surface area contributed by atoms with Gasteiger partial charge in [-0.05, 0) is 62.3 Å². The number of non-ortho nitro benzene ring substituents is 1. The van der Waals surface area contributed by atoms with Crippen molar-refractivity contribution in [3.63, 3.8) is 0 Å². The van der Waals surface area contributed by atoms with Crippen molar-refractivity contribution < 1.29 is 9.72 Å². The first kappa shape index (κ1) is 14.9. The Morgan fingerprint density at radius 3 is 2.22 bits per heavy atom. The Hall–Kier alpha value is -1.62. The molecule has 0 unspecified atom stereocenters. The number of amides is 1. The van der Waals surface area contributed by atoms with E-state index < -0.39 is 4.92 Å². The van der Waals surface area contributed by atoms with E-state index in [1.807, 2.05) is 0 Å². The standard InChI is InChI=1S/C17H19ClN2O3/c18-14-6-13(20(22)23)1-2-15(14)19-16(21)17-7-10-3-11(8-17)5-12(4-10)9-17/h1-2,6,10-12H,3-5,7-9H2,(H,19,21). The van der Waals surface area contributed by atoms with E-state index in [1.165, 1.54) is 37.5 Å². The van der Waals surface area contributed by atoms with Crippen LogP contribution in [0.1, 0.15) is 38.5 Å². The van der Waals surface area contributed by atoms with Crippen molar-refractivity contribution in [3.05, 3.63) is 33.3 Å². The number of anilines is 1. The van der Waals surface area contributed by atoms with Gasteiger partial charge in [0.05, 0.1) is 21.0 Å². The van der Waals surface area contributed by atoms with Crippen LogP contribution in [0.5, 0.6) is 0 Å². The van der Waals surface area contributed by atoms with Gasteiger partial charge in [-0.25, -0.2) is 0 Å². The summed E-state index contributed by atoms with van der Waals surface area (Å²) in [5, 5.41) is 13.9. The van der Waals surface area contributed by atoms with Crippen LogP contribution in [0, 0.1) is 33.3 Å². The number of nitrogens with zero attached hydrogens (tertiary/aromatic N) is 1. The lowest BCUT2D eigenvalue weighted by Crippen LogP contribution is -2.51. The fourth-order valence-corrected chi connectivity index (χ4v) is 5.58. The number of nitro benzene ring substituents is 1. The molecule has 6 heteroatoms. The van der Waals surface area contributed by atoms with Gasteiger partial charge in [-0.15, -0.1) is 0 Å². The molecule has 5 rings (SSSR count). The van der Waals surface area contributed by atoms with Gasteiger partial charge in [0.2, 0.25) is 5.91 Å². The first-order valence-electron chi connectivity index (χ1n) is 8.20. The van der Waals surface area contributed by atoms with E-state index in [9.17, 15) is 14.9 Å². The monoisotopic (exact) mass is 334 g/mol. The quantitative estimate of drug-likeness (QED) is 0.657. The molecule has 0 spiro atoms. The summed E-state index contributed by atoms with van der Waals surface area (Å²) in [6.07, 6.45) is 6.79. The predicted octanol–water partition coefficient (Wildman–Crippen LogP) is 4.40. The van der Waals surface area contributed by atoms with Gasteiger partial charge < -0.3 is 5.32 Å². The van der Waals surface area contributed by atoms with Gasteiger partial charge in [-0.2, -0.15) is 0 Å². The summed E-state index contributed by atoms with van der Waals surface area (Å²) in [6, 6.07) is 4.19. The zero-order valence-electron chi connectivity index (χ0n) is 12.8. The molecular formula is C17H19ClN2O3. The minimum absolute atomic E-state index is 0.0485. The van der Waals surface area contributed by atoms with Gasteiger partial charge >= 0.3 is 0 Å². The van der Waals surface area contributed by atoms with E-state index in [-0.39, 0.29) is 22.0 Å². The fraction of sp³-hybridized carbons (Fsp3) is 0.588. The Kier molecular flexibility index (Phi) is 3.38. The Labute approximate surface area is 139 Å². The molecule has 4 saturated carbocycles. The largest absolute Gasteiger partial charge is 0.324 e. The van der Waals surface area contributed by atoms with Crippen molar-refractivity contribution in [2.24, 2.45) is 23.2 Å². The van der Waals surface area contributed by atoms with E-state index in [0.29, 0.717) is 23.4 Å². The van der Waals surface area contributed by atoms with E-state index >= 15 is 0 Å². The SMILES string of the molecule is O=C(Nc1ccc([N+](=O)[O-])cc1Cl)C12CC3CC(CC(C3)C1)C2. The molecule has 0 radical (unpaired) electrons. The molecule has 122 valence electrons. The molecule has 1 aromatic carbocycles.